The van der Waals surface area contributed by atoms with Crippen molar-refractivity contribution in [3.63, 3.8) is 0 Å². The number of aromatic nitrogens is 3. The van der Waals surface area contributed by atoms with Crippen molar-refractivity contribution >= 4 is 28.6 Å². The van der Waals surface area contributed by atoms with E-state index >= 15 is 0 Å². The number of carbonyl (C=O) groups excluding carboxylic acids is 1. The van der Waals surface area contributed by atoms with Gasteiger partial charge in [-0.25, -0.2) is 14.8 Å². The quantitative estimate of drug-likeness (QED) is 0.268. The zero-order chi connectivity index (χ0) is 20.2. The number of hydrogen-bond acceptors (Lipinski definition) is 5. The molecule has 0 spiro atoms. The molecule has 2 aromatic carbocycles. The molecule has 4 rings (SSSR count). The van der Waals surface area contributed by atoms with Gasteiger partial charge < -0.3 is 9.30 Å². The van der Waals surface area contributed by atoms with Gasteiger partial charge in [0, 0.05) is 36.4 Å². The summed E-state index contributed by atoms with van der Waals surface area (Å²) >= 11 is 1.40. The topological polar surface area (TPSA) is 57.0 Å². The van der Waals surface area contributed by atoms with Gasteiger partial charge in [0.2, 0.25) is 0 Å². The number of esters is 1. The Bertz CT molecular complexity index is 1160. The van der Waals surface area contributed by atoms with E-state index in [1.54, 1.807) is 6.20 Å². The minimum atomic E-state index is -0.437. The number of ether oxygens (including phenoxy) is 1. The summed E-state index contributed by atoms with van der Waals surface area (Å²) in [7, 11) is 1.37. The van der Waals surface area contributed by atoms with Gasteiger partial charge in [0.05, 0.1) is 7.11 Å². The van der Waals surface area contributed by atoms with E-state index in [0.717, 1.165) is 17.7 Å². The Hall–Kier alpha value is -3.12. The van der Waals surface area contributed by atoms with Crippen LogP contribution >= 0.6 is 11.8 Å². The third kappa shape index (κ3) is 4.17. The van der Waals surface area contributed by atoms with Gasteiger partial charge in [0.1, 0.15) is 0 Å². The first kappa shape index (κ1) is 19.2. The van der Waals surface area contributed by atoms with Crippen LogP contribution in [0.1, 0.15) is 27.2 Å². The van der Waals surface area contributed by atoms with Crippen LogP contribution in [0, 0.1) is 0 Å². The largest absolute Gasteiger partial charge is 0.464 e. The van der Waals surface area contributed by atoms with Gasteiger partial charge in [0.15, 0.2) is 10.9 Å². The van der Waals surface area contributed by atoms with Crippen LogP contribution in [0.25, 0.3) is 10.9 Å². The van der Waals surface area contributed by atoms with E-state index in [0.29, 0.717) is 17.3 Å². The van der Waals surface area contributed by atoms with Crippen molar-refractivity contribution in [2.45, 2.75) is 18.1 Å². The minimum absolute atomic E-state index is 0.327. The molecule has 0 aliphatic carbocycles. The summed E-state index contributed by atoms with van der Waals surface area (Å²) in [6.07, 6.45) is 6.27. The third-order valence-corrected chi connectivity index (χ3v) is 5.39. The second kappa shape index (κ2) is 8.49. The maximum atomic E-state index is 12.2. The summed E-state index contributed by atoms with van der Waals surface area (Å²) in [5, 5.41) is 1.72. The van der Waals surface area contributed by atoms with Gasteiger partial charge in [-0.1, -0.05) is 48.2 Å². The number of nitrogens with zero attached hydrogens (tertiary/aromatic N) is 3. The van der Waals surface area contributed by atoms with Gasteiger partial charge in [0.25, 0.3) is 0 Å². The summed E-state index contributed by atoms with van der Waals surface area (Å²) in [4.78, 5) is 20.8. The smallest absolute Gasteiger partial charge is 0.357 e. The fourth-order valence-electron chi connectivity index (χ4n) is 3.39. The van der Waals surface area contributed by atoms with Crippen LogP contribution in [0.15, 0.2) is 72.1 Å². The summed E-state index contributed by atoms with van der Waals surface area (Å²) in [6.45, 7) is 0.833. The molecule has 4 aromatic rings. The molecule has 0 fully saturated rings. The van der Waals surface area contributed by atoms with E-state index in [4.69, 9.17) is 4.74 Å². The lowest BCUT2D eigenvalue weighted by molar-refractivity contribution is 0.0591. The molecule has 0 N–H and O–H groups in total. The first-order valence-electron chi connectivity index (χ1n) is 9.28. The van der Waals surface area contributed by atoms with Gasteiger partial charge in [-0.05, 0) is 41.0 Å². The van der Waals surface area contributed by atoms with Gasteiger partial charge in [-0.15, -0.1) is 0 Å². The maximum absolute atomic E-state index is 12.2. The van der Waals surface area contributed by atoms with Crippen LogP contribution in [0.3, 0.4) is 0 Å². The summed E-state index contributed by atoms with van der Waals surface area (Å²) in [5.41, 5.74) is 4.63. The van der Waals surface area contributed by atoms with E-state index in [9.17, 15) is 4.79 Å². The standard InChI is InChI=1S/C23H21N3O2S/c1-28-22(27)21-19(14-24-23(25-21)29-2)13-17-8-9-20-18(12-17)10-11-26(20)15-16-6-4-3-5-7-16/h3-12,14H,13,15H2,1-2H3. The van der Waals surface area contributed by atoms with Crippen molar-refractivity contribution in [2.75, 3.05) is 13.4 Å². The molecule has 0 saturated heterocycles. The molecule has 0 aliphatic heterocycles. The Morgan fingerprint density at radius 3 is 2.69 bits per heavy atom. The predicted octanol–water partition coefficient (Wildman–Crippen LogP) is 4.58. The van der Waals surface area contributed by atoms with Crippen LogP contribution in [0.4, 0.5) is 0 Å². The summed E-state index contributed by atoms with van der Waals surface area (Å²) in [6, 6.07) is 18.9. The Morgan fingerprint density at radius 2 is 1.93 bits per heavy atom. The highest BCUT2D eigenvalue weighted by atomic mass is 32.2. The normalized spacial score (nSPS) is 11.0. The molecule has 0 radical (unpaired) electrons. The second-order valence-corrected chi connectivity index (χ2v) is 7.49. The Labute approximate surface area is 173 Å². The van der Waals surface area contributed by atoms with Crippen LogP contribution < -0.4 is 0 Å². The number of thioether (sulfide) groups is 1. The number of carbonyl (C=O) groups is 1. The fourth-order valence-corrected chi connectivity index (χ4v) is 3.73. The van der Waals surface area contributed by atoms with Crippen molar-refractivity contribution in [1.29, 1.82) is 0 Å². The highest BCUT2D eigenvalue weighted by Gasteiger charge is 2.16. The van der Waals surface area contributed by atoms with Gasteiger partial charge in [-0.3, -0.25) is 0 Å². The van der Waals surface area contributed by atoms with E-state index in [-0.39, 0.29) is 0 Å². The number of hydrogen-bond donors (Lipinski definition) is 0. The predicted molar refractivity (Wildman–Crippen MR) is 115 cm³/mol. The third-order valence-electron chi connectivity index (χ3n) is 4.83. The molecule has 146 valence electrons. The number of rotatable bonds is 6. The average molecular weight is 404 g/mol. The van der Waals surface area contributed by atoms with Crippen molar-refractivity contribution in [3.05, 3.63) is 89.4 Å². The van der Waals surface area contributed by atoms with Crippen LogP contribution in [-0.2, 0) is 17.7 Å². The molecule has 0 bridgehead atoms. The average Bonchev–Trinajstić information content (AvgIpc) is 3.16. The summed E-state index contributed by atoms with van der Waals surface area (Å²) < 4.78 is 7.14. The molecule has 0 atom stereocenters. The molecule has 0 saturated carbocycles. The van der Waals surface area contributed by atoms with Crippen LogP contribution in [-0.4, -0.2) is 33.9 Å². The summed E-state index contributed by atoms with van der Waals surface area (Å²) in [5.74, 6) is -0.437. The van der Waals surface area contributed by atoms with Crippen molar-refractivity contribution in [1.82, 2.24) is 14.5 Å². The zero-order valence-electron chi connectivity index (χ0n) is 16.3. The first-order valence-corrected chi connectivity index (χ1v) is 10.5. The molecular formula is C23H21N3O2S. The minimum Gasteiger partial charge on any atom is -0.464 e. The molecule has 0 amide bonds. The van der Waals surface area contributed by atoms with Crippen LogP contribution in [0.2, 0.25) is 0 Å². The van der Waals surface area contributed by atoms with Gasteiger partial charge >= 0.3 is 5.97 Å². The fraction of sp³-hybridized carbons (Fsp3) is 0.174. The molecule has 6 heteroatoms. The van der Waals surface area contributed by atoms with E-state index in [2.05, 4.69) is 69.3 Å². The number of methoxy groups -OCH3 is 1. The Balaban J connectivity index is 1.62. The lowest BCUT2D eigenvalue weighted by atomic mass is 10.0. The maximum Gasteiger partial charge on any atom is 0.357 e. The zero-order valence-corrected chi connectivity index (χ0v) is 17.1. The molecular weight excluding hydrogens is 382 g/mol. The molecule has 29 heavy (non-hydrogen) atoms. The van der Waals surface area contributed by atoms with Crippen molar-refractivity contribution in [3.8, 4) is 0 Å². The first-order chi connectivity index (χ1) is 14.2. The molecule has 2 aromatic heterocycles. The highest BCUT2D eigenvalue weighted by molar-refractivity contribution is 7.98. The number of benzene rings is 2. The Morgan fingerprint density at radius 1 is 1.10 bits per heavy atom. The second-order valence-electron chi connectivity index (χ2n) is 6.72. The lowest BCUT2D eigenvalue weighted by Gasteiger charge is -2.09. The van der Waals surface area contributed by atoms with Crippen molar-refractivity contribution in [2.24, 2.45) is 0 Å². The monoisotopic (exact) mass is 403 g/mol. The molecule has 2 heterocycles. The van der Waals surface area contributed by atoms with E-state index in [1.807, 2.05) is 12.3 Å². The molecule has 0 unspecified atom stereocenters. The lowest BCUT2D eigenvalue weighted by Crippen LogP contribution is -2.11. The van der Waals surface area contributed by atoms with E-state index in [1.165, 1.54) is 35.3 Å². The Kier molecular flexibility index (Phi) is 5.62. The SMILES string of the molecule is COC(=O)c1nc(SC)ncc1Cc1ccc2c(ccn2Cc2ccccc2)c1. The van der Waals surface area contributed by atoms with E-state index < -0.39 is 5.97 Å². The molecule has 0 aliphatic rings. The number of fused-ring (bicyclic) bond motifs is 1. The van der Waals surface area contributed by atoms with Crippen molar-refractivity contribution < 1.29 is 9.53 Å². The van der Waals surface area contributed by atoms with Crippen LogP contribution in [0.5, 0.6) is 0 Å². The molecule has 5 nitrogen and oxygen atoms in total. The highest BCUT2D eigenvalue weighted by Crippen LogP contribution is 2.22. The van der Waals surface area contributed by atoms with Gasteiger partial charge in [-0.2, -0.15) is 0 Å².